The number of rotatable bonds is 5. The number of hydrogen-bond donors (Lipinski definition) is 1. The summed E-state index contributed by atoms with van der Waals surface area (Å²) in [5.74, 6) is 0.212. The molecule has 0 saturated carbocycles. The van der Waals surface area contributed by atoms with Crippen molar-refractivity contribution >= 4 is 23.4 Å². The molecule has 2 aliphatic rings. The molecule has 0 aliphatic carbocycles. The molecular weight excluding hydrogens is 362 g/mol. The van der Waals surface area contributed by atoms with Gasteiger partial charge in [-0.25, -0.2) is 0 Å². The van der Waals surface area contributed by atoms with E-state index >= 15 is 0 Å². The molecule has 0 unspecified atom stereocenters. The molecule has 3 rings (SSSR count). The van der Waals surface area contributed by atoms with E-state index in [1.165, 1.54) is 6.42 Å². The Morgan fingerprint density at radius 2 is 1.67 bits per heavy atom. The third-order valence-corrected chi connectivity index (χ3v) is 5.97. The van der Waals surface area contributed by atoms with E-state index in [1.807, 2.05) is 4.90 Å². The summed E-state index contributed by atoms with van der Waals surface area (Å²) in [4.78, 5) is 29.5. The van der Waals surface area contributed by atoms with Gasteiger partial charge in [0.25, 0.3) is 5.91 Å². The maximum atomic E-state index is 12.6. The van der Waals surface area contributed by atoms with E-state index in [1.54, 1.807) is 24.3 Å². The number of nitrogens with zero attached hydrogens (tertiary/aromatic N) is 2. The summed E-state index contributed by atoms with van der Waals surface area (Å²) < 4.78 is 0. The highest BCUT2D eigenvalue weighted by molar-refractivity contribution is 6.30. The largest absolute Gasteiger partial charge is 0.353 e. The number of carbonyl (C=O) groups is 2. The van der Waals surface area contributed by atoms with Crippen molar-refractivity contribution in [3.8, 4) is 0 Å². The van der Waals surface area contributed by atoms with Gasteiger partial charge in [-0.1, -0.05) is 18.5 Å². The van der Waals surface area contributed by atoms with E-state index in [0.717, 1.165) is 45.3 Å². The Morgan fingerprint density at radius 3 is 2.26 bits per heavy atom. The minimum absolute atomic E-state index is 0.0212. The van der Waals surface area contributed by atoms with Gasteiger partial charge in [-0.05, 0) is 62.9 Å². The molecule has 0 aromatic heterocycles. The van der Waals surface area contributed by atoms with Gasteiger partial charge < -0.3 is 15.1 Å². The second kappa shape index (κ2) is 9.56. The van der Waals surface area contributed by atoms with E-state index in [-0.39, 0.29) is 17.7 Å². The zero-order valence-corrected chi connectivity index (χ0v) is 16.9. The Bertz CT molecular complexity index is 633. The van der Waals surface area contributed by atoms with Crippen molar-refractivity contribution in [2.24, 2.45) is 5.92 Å². The molecule has 1 N–H and O–H groups in total. The van der Waals surface area contributed by atoms with Crippen LogP contribution in [0, 0.1) is 5.92 Å². The van der Waals surface area contributed by atoms with Crippen LogP contribution in [0.3, 0.4) is 0 Å². The molecule has 0 radical (unpaired) electrons. The van der Waals surface area contributed by atoms with Gasteiger partial charge in [0.15, 0.2) is 0 Å². The zero-order valence-electron chi connectivity index (χ0n) is 16.1. The van der Waals surface area contributed by atoms with E-state index in [4.69, 9.17) is 11.6 Å². The number of halogens is 1. The van der Waals surface area contributed by atoms with Crippen LogP contribution < -0.4 is 5.32 Å². The van der Waals surface area contributed by atoms with E-state index < -0.39 is 0 Å². The lowest BCUT2D eigenvalue weighted by Gasteiger charge is -2.35. The summed E-state index contributed by atoms with van der Waals surface area (Å²) in [5, 5.41) is 3.88. The molecule has 2 amide bonds. The molecule has 0 atom stereocenters. The van der Waals surface area contributed by atoms with Crippen LogP contribution in [0.4, 0.5) is 0 Å². The first-order valence-electron chi connectivity index (χ1n) is 10.1. The Hall–Kier alpha value is -1.59. The van der Waals surface area contributed by atoms with Crippen molar-refractivity contribution in [3.63, 3.8) is 0 Å². The molecule has 1 aromatic rings. The van der Waals surface area contributed by atoms with E-state index in [9.17, 15) is 9.59 Å². The SMILES string of the molecule is CCCN1CCC(NC(=O)C2CCN(C(=O)c3ccc(Cl)cc3)CC2)CC1. The summed E-state index contributed by atoms with van der Waals surface area (Å²) in [7, 11) is 0. The lowest BCUT2D eigenvalue weighted by molar-refractivity contribution is -0.127. The lowest BCUT2D eigenvalue weighted by Crippen LogP contribution is -2.48. The molecule has 5 nitrogen and oxygen atoms in total. The Labute approximate surface area is 167 Å². The highest BCUT2D eigenvalue weighted by Crippen LogP contribution is 2.21. The van der Waals surface area contributed by atoms with Gasteiger partial charge >= 0.3 is 0 Å². The summed E-state index contributed by atoms with van der Waals surface area (Å²) in [6.45, 7) is 6.78. The van der Waals surface area contributed by atoms with Gasteiger partial charge in [0.2, 0.25) is 5.91 Å². The molecule has 2 heterocycles. The second-order valence-corrected chi connectivity index (χ2v) is 8.13. The third-order valence-electron chi connectivity index (χ3n) is 5.72. The number of carbonyl (C=O) groups excluding carboxylic acids is 2. The molecule has 27 heavy (non-hydrogen) atoms. The van der Waals surface area contributed by atoms with Crippen molar-refractivity contribution < 1.29 is 9.59 Å². The minimum Gasteiger partial charge on any atom is -0.353 e. The fourth-order valence-corrected chi connectivity index (χ4v) is 4.18. The maximum absolute atomic E-state index is 12.6. The highest BCUT2D eigenvalue weighted by Gasteiger charge is 2.29. The predicted octanol–water partition coefficient (Wildman–Crippen LogP) is 3.18. The normalized spacial score (nSPS) is 19.9. The average molecular weight is 392 g/mol. The van der Waals surface area contributed by atoms with E-state index in [0.29, 0.717) is 29.7 Å². The molecule has 1 aromatic carbocycles. The predicted molar refractivity (Wildman–Crippen MR) is 108 cm³/mol. The molecule has 0 spiro atoms. The molecular formula is C21H30ClN3O2. The summed E-state index contributed by atoms with van der Waals surface area (Å²) in [5.41, 5.74) is 0.654. The highest BCUT2D eigenvalue weighted by atomic mass is 35.5. The fourth-order valence-electron chi connectivity index (χ4n) is 4.06. The first kappa shape index (κ1) is 20.2. The van der Waals surface area contributed by atoms with Crippen molar-refractivity contribution in [1.82, 2.24) is 15.1 Å². The van der Waals surface area contributed by atoms with Gasteiger partial charge in [0.05, 0.1) is 0 Å². The topological polar surface area (TPSA) is 52.7 Å². The van der Waals surface area contributed by atoms with Gasteiger partial charge in [-0.15, -0.1) is 0 Å². The van der Waals surface area contributed by atoms with Crippen LogP contribution in [0.25, 0.3) is 0 Å². The monoisotopic (exact) mass is 391 g/mol. The molecule has 148 valence electrons. The first-order valence-corrected chi connectivity index (χ1v) is 10.5. The zero-order chi connectivity index (χ0) is 19.2. The molecule has 2 saturated heterocycles. The van der Waals surface area contributed by atoms with Crippen LogP contribution in [0.5, 0.6) is 0 Å². The molecule has 6 heteroatoms. The van der Waals surface area contributed by atoms with Crippen molar-refractivity contribution in [1.29, 1.82) is 0 Å². The van der Waals surface area contributed by atoms with Crippen LogP contribution in [-0.4, -0.2) is 60.4 Å². The molecule has 2 fully saturated rings. The molecule has 0 bridgehead atoms. The van der Waals surface area contributed by atoms with Gasteiger partial charge in [0, 0.05) is 48.7 Å². The van der Waals surface area contributed by atoms with Crippen molar-refractivity contribution in [2.75, 3.05) is 32.7 Å². The first-order chi connectivity index (χ1) is 13.1. The standard InChI is InChI=1S/C21H30ClN3O2/c1-2-11-24-12-9-19(10-13-24)23-20(26)16-7-14-25(15-8-16)21(27)17-3-5-18(22)6-4-17/h3-6,16,19H,2,7-15H2,1H3,(H,23,26). The number of nitrogens with one attached hydrogen (secondary N) is 1. The second-order valence-electron chi connectivity index (χ2n) is 7.70. The van der Waals surface area contributed by atoms with Gasteiger partial charge in [0.1, 0.15) is 0 Å². The van der Waals surface area contributed by atoms with Crippen molar-refractivity contribution in [3.05, 3.63) is 34.9 Å². The number of amides is 2. The fraction of sp³-hybridized carbons (Fsp3) is 0.619. The maximum Gasteiger partial charge on any atom is 0.253 e. The summed E-state index contributed by atoms with van der Waals surface area (Å²) in [6, 6.07) is 7.30. The van der Waals surface area contributed by atoms with Crippen LogP contribution in [0.2, 0.25) is 5.02 Å². The summed E-state index contributed by atoms with van der Waals surface area (Å²) in [6.07, 6.45) is 4.74. The number of likely N-dealkylation sites (tertiary alicyclic amines) is 2. The van der Waals surface area contributed by atoms with Gasteiger partial charge in [-0.3, -0.25) is 9.59 Å². The van der Waals surface area contributed by atoms with Crippen LogP contribution in [-0.2, 0) is 4.79 Å². The average Bonchev–Trinajstić information content (AvgIpc) is 2.70. The quantitative estimate of drug-likeness (QED) is 0.838. The number of benzene rings is 1. The Morgan fingerprint density at radius 1 is 1.04 bits per heavy atom. The lowest BCUT2D eigenvalue weighted by atomic mass is 9.94. The minimum atomic E-state index is 0.0212. The smallest absolute Gasteiger partial charge is 0.253 e. The number of hydrogen-bond acceptors (Lipinski definition) is 3. The Kier molecular flexibility index (Phi) is 7.13. The Balaban J connectivity index is 1.43. The van der Waals surface area contributed by atoms with Crippen LogP contribution in [0.1, 0.15) is 49.4 Å². The third kappa shape index (κ3) is 5.45. The van der Waals surface area contributed by atoms with Crippen LogP contribution >= 0.6 is 11.6 Å². The summed E-state index contributed by atoms with van der Waals surface area (Å²) >= 11 is 5.89. The van der Waals surface area contributed by atoms with Gasteiger partial charge in [-0.2, -0.15) is 0 Å². The number of piperidine rings is 2. The molecule has 2 aliphatic heterocycles. The van der Waals surface area contributed by atoms with Crippen LogP contribution in [0.15, 0.2) is 24.3 Å². The van der Waals surface area contributed by atoms with E-state index in [2.05, 4.69) is 17.1 Å². The van der Waals surface area contributed by atoms with Crippen molar-refractivity contribution in [2.45, 2.75) is 45.1 Å².